The molecule has 0 aromatic carbocycles. The number of unbranched alkanes of at least 4 members (excludes halogenated alkanes) is 50. The van der Waals surface area contributed by atoms with Gasteiger partial charge in [0.1, 0.15) is 19.3 Å². The minimum atomic E-state index is -4.96. The van der Waals surface area contributed by atoms with Crippen LogP contribution in [0.2, 0.25) is 0 Å². The van der Waals surface area contributed by atoms with Crippen LogP contribution in [0.1, 0.15) is 427 Å². The van der Waals surface area contributed by atoms with Gasteiger partial charge in [-0.15, -0.1) is 0 Å². The van der Waals surface area contributed by atoms with Gasteiger partial charge in [-0.1, -0.05) is 375 Å². The Morgan fingerprint density at radius 1 is 0.270 bits per heavy atom. The van der Waals surface area contributed by atoms with Crippen molar-refractivity contribution in [2.75, 3.05) is 39.6 Å². The molecule has 0 spiro atoms. The summed E-state index contributed by atoms with van der Waals surface area (Å²) in [5.41, 5.74) is 0. The maximum Gasteiger partial charge on any atom is 0.472 e. The number of rotatable bonds is 80. The molecule has 0 saturated heterocycles. The normalized spacial score (nSPS) is 13.9. The number of aliphatic hydroxyl groups excluding tert-OH is 1. The molecular weight excluding hydrogens is 1310 g/mol. The van der Waals surface area contributed by atoms with Crippen molar-refractivity contribution < 1.29 is 80.2 Å². The molecule has 0 fully saturated rings. The lowest BCUT2D eigenvalue weighted by atomic mass is 10.0. The van der Waals surface area contributed by atoms with Crippen molar-refractivity contribution in [3.8, 4) is 0 Å². The molecule has 5 atom stereocenters. The average molecular weight is 1470 g/mol. The molecule has 0 aliphatic heterocycles. The Morgan fingerprint density at radius 2 is 0.460 bits per heavy atom. The van der Waals surface area contributed by atoms with Gasteiger partial charge < -0.3 is 33.8 Å². The summed E-state index contributed by atoms with van der Waals surface area (Å²) in [6.45, 7) is 9.62. The lowest BCUT2D eigenvalue weighted by Gasteiger charge is -2.21. The second-order valence-corrected chi connectivity index (χ2v) is 33.0. The smallest absolute Gasteiger partial charge is 0.462 e. The molecule has 0 saturated carbocycles. The molecule has 594 valence electrons. The second-order valence-electron chi connectivity index (χ2n) is 30.1. The maximum atomic E-state index is 13.1. The fraction of sp³-hybridized carbons (Fsp3) is 0.951. The third kappa shape index (κ3) is 74.3. The van der Waals surface area contributed by atoms with Gasteiger partial charge in [0.2, 0.25) is 0 Å². The zero-order valence-corrected chi connectivity index (χ0v) is 67.3. The van der Waals surface area contributed by atoms with E-state index in [1.165, 1.54) is 244 Å². The Hall–Kier alpha value is -1.94. The van der Waals surface area contributed by atoms with Gasteiger partial charge in [0, 0.05) is 25.7 Å². The fourth-order valence-electron chi connectivity index (χ4n) is 12.5. The molecule has 0 aliphatic rings. The van der Waals surface area contributed by atoms with Crippen LogP contribution in [-0.4, -0.2) is 96.7 Å². The Labute approximate surface area is 613 Å². The average Bonchev–Trinajstić information content (AvgIpc) is 0.949. The zero-order valence-electron chi connectivity index (χ0n) is 65.5. The predicted octanol–water partition coefficient (Wildman–Crippen LogP) is 24.3. The molecule has 0 radical (unpaired) electrons. The van der Waals surface area contributed by atoms with Crippen LogP contribution in [0.4, 0.5) is 0 Å². The molecule has 0 aliphatic carbocycles. The molecule has 17 nitrogen and oxygen atoms in total. The van der Waals surface area contributed by atoms with E-state index in [0.717, 1.165) is 102 Å². The largest absolute Gasteiger partial charge is 0.472 e. The number of carbonyl (C=O) groups excluding carboxylic acids is 4. The van der Waals surface area contributed by atoms with Crippen LogP contribution in [0, 0.1) is 11.8 Å². The fourth-order valence-corrected chi connectivity index (χ4v) is 14.1. The minimum absolute atomic E-state index is 0.106. The number of aliphatic hydroxyl groups is 1. The molecule has 100 heavy (non-hydrogen) atoms. The molecule has 3 N–H and O–H groups in total. The van der Waals surface area contributed by atoms with E-state index in [1.807, 2.05) is 0 Å². The first-order valence-electron chi connectivity index (χ1n) is 42.0. The summed E-state index contributed by atoms with van der Waals surface area (Å²) in [5.74, 6) is -0.597. The number of carbonyl (C=O) groups is 4. The van der Waals surface area contributed by atoms with Gasteiger partial charge in [-0.05, 0) is 37.5 Å². The molecule has 2 unspecified atom stereocenters. The SMILES string of the molecule is CCCCCCCCCCCCCCCCCCCCCC(=O)O[C@H](COC(=O)CCCCCCCCCCCCCCCCC)COP(=O)(O)OC[C@@H](O)COP(=O)(O)OC[C@@H](COC(=O)CCCCCCCCCCCCC(C)C)OC(=O)CCCCCCCCCCCCC(C)C. The van der Waals surface area contributed by atoms with Crippen molar-refractivity contribution in [1.29, 1.82) is 0 Å². The number of phosphoric ester groups is 2. The molecule has 0 aromatic heterocycles. The van der Waals surface area contributed by atoms with Crippen molar-refractivity contribution in [2.24, 2.45) is 11.8 Å². The van der Waals surface area contributed by atoms with Crippen molar-refractivity contribution >= 4 is 39.5 Å². The topological polar surface area (TPSA) is 237 Å². The third-order valence-corrected chi connectivity index (χ3v) is 20.9. The summed E-state index contributed by atoms with van der Waals surface area (Å²) < 4.78 is 68.8. The number of hydrogen-bond donors (Lipinski definition) is 3. The van der Waals surface area contributed by atoms with Crippen molar-refractivity contribution in [3.05, 3.63) is 0 Å². The lowest BCUT2D eigenvalue weighted by Crippen LogP contribution is -2.30. The summed E-state index contributed by atoms with van der Waals surface area (Å²) in [5, 5.41) is 10.6. The molecule has 0 aromatic rings. The van der Waals surface area contributed by atoms with Crippen LogP contribution in [0.15, 0.2) is 0 Å². The van der Waals surface area contributed by atoms with Crippen molar-refractivity contribution in [1.82, 2.24) is 0 Å². The standard InChI is InChI=1S/C81H158O17P2/c1-7-9-11-13-15-17-19-21-23-24-25-26-28-30-32-41-47-53-59-65-80(85)97-76(69-91-78(83)63-57-51-45-39-31-29-27-22-20-18-16-14-12-10-8-2)71-95-99(87,88)93-67-75(82)68-94-100(89,90)96-72-77(98-81(86)66-60-54-48-42-36-34-38-44-50-56-62-74(5)6)70-92-79(84)64-58-52-46-40-35-33-37-43-49-55-61-73(3)4/h73-77,82H,7-72H2,1-6H3,(H,87,88)(H,89,90)/t75-,76-,77-/m1/s1. The van der Waals surface area contributed by atoms with Crippen LogP contribution in [0.5, 0.6) is 0 Å². The summed E-state index contributed by atoms with van der Waals surface area (Å²) in [6.07, 6.45) is 62.4. The molecule has 0 heterocycles. The van der Waals surface area contributed by atoms with Gasteiger partial charge in [0.15, 0.2) is 12.2 Å². The highest BCUT2D eigenvalue weighted by atomic mass is 31.2. The van der Waals surface area contributed by atoms with Crippen molar-refractivity contribution in [3.63, 3.8) is 0 Å². The molecular formula is C81H158O17P2. The van der Waals surface area contributed by atoms with Crippen molar-refractivity contribution in [2.45, 2.75) is 445 Å². The second kappa shape index (κ2) is 72.6. The number of phosphoric acid groups is 2. The molecule has 0 bridgehead atoms. The van der Waals surface area contributed by atoms with Gasteiger partial charge in [0.05, 0.1) is 26.4 Å². The van der Waals surface area contributed by atoms with E-state index in [0.29, 0.717) is 25.7 Å². The Morgan fingerprint density at radius 3 is 0.680 bits per heavy atom. The number of esters is 4. The van der Waals surface area contributed by atoms with Crippen LogP contribution in [0.3, 0.4) is 0 Å². The Bertz CT molecular complexity index is 1920. The van der Waals surface area contributed by atoms with Gasteiger partial charge in [0.25, 0.3) is 0 Å². The quantitative estimate of drug-likeness (QED) is 0.0222. The monoisotopic (exact) mass is 1470 g/mol. The van der Waals surface area contributed by atoms with E-state index < -0.39 is 97.5 Å². The van der Waals surface area contributed by atoms with E-state index in [9.17, 15) is 43.2 Å². The zero-order chi connectivity index (χ0) is 73.5. The van der Waals surface area contributed by atoms with E-state index in [-0.39, 0.29) is 25.7 Å². The highest BCUT2D eigenvalue weighted by molar-refractivity contribution is 7.47. The predicted molar refractivity (Wildman–Crippen MR) is 409 cm³/mol. The molecule has 19 heteroatoms. The van der Waals surface area contributed by atoms with E-state index in [1.54, 1.807) is 0 Å². The summed E-state index contributed by atoms with van der Waals surface area (Å²) >= 11 is 0. The highest BCUT2D eigenvalue weighted by Gasteiger charge is 2.30. The first-order chi connectivity index (χ1) is 48.4. The van der Waals surface area contributed by atoms with E-state index in [4.69, 9.17) is 37.0 Å². The Balaban J connectivity index is 5.25. The van der Waals surface area contributed by atoms with Crippen LogP contribution in [-0.2, 0) is 65.4 Å². The lowest BCUT2D eigenvalue weighted by molar-refractivity contribution is -0.161. The minimum Gasteiger partial charge on any atom is -0.462 e. The maximum absolute atomic E-state index is 13.1. The molecule has 0 amide bonds. The van der Waals surface area contributed by atoms with Gasteiger partial charge in [-0.2, -0.15) is 0 Å². The third-order valence-electron chi connectivity index (χ3n) is 19.0. The highest BCUT2D eigenvalue weighted by Crippen LogP contribution is 2.45. The summed E-state index contributed by atoms with van der Waals surface area (Å²) in [6, 6.07) is 0. The first kappa shape index (κ1) is 98.1. The van der Waals surface area contributed by atoms with Gasteiger partial charge in [-0.3, -0.25) is 37.3 Å². The van der Waals surface area contributed by atoms with Crippen LogP contribution < -0.4 is 0 Å². The molecule has 0 rings (SSSR count). The summed E-state index contributed by atoms with van der Waals surface area (Å²) in [4.78, 5) is 73.1. The summed E-state index contributed by atoms with van der Waals surface area (Å²) in [7, 11) is -9.92. The van der Waals surface area contributed by atoms with E-state index >= 15 is 0 Å². The van der Waals surface area contributed by atoms with Crippen LogP contribution in [0.25, 0.3) is 0 Å². The number of ether oxygens (including phenoxy) is 4. The van der Waals surface area contributed by atoms with Gasteiger partial charge in [-0.25, -0.2) is 9.13 Å². The van der Waals surface area contributed by atoms with E-state index in [2.05, 4.69) is 41.5 Å². The number of hydrogen-bond acceptors (Lipinski definition) is 15. The first-order valence-corrected chi connectivity index (χ1v) is 45.0. The Kier molecular flexibility index (Phi) is 71.2. The van der Waals surface area contributed by atoms with Gasteiger partial charge >= 0.3 is 39.5 Å². The van der Waals surface area contributed by atoms with Crippen LogP contribution >= 0.6 is 15.6 Å².